The molecule has 106 valence electrons. The molecule has 1 fully saturated rings. The zero-order valence-corrected chi connectivity index (χ0v) is 13.0. The molecule has 1 aliphatic heterocycles. The maximum atomic E-state index is 3.65. The van der Waals surface area contributed by atoms with Crippen molar-refractivity contribution in [1.29, 1.82) is 0 Å². The van der Waals surface area contributed by atoms with Crippen LogP contribution in [0.25, 0.3) is 0 Å². The van der Waals surface area contributed by atoms with Crippen LogP contribution in [0.1, 0.15) is 18.9 Å². The van der Waals surface area contributed by atoms with Crippen molar-refractivity contribution in [3.8, 4) is 0 Å². The van der Waals surface area contributed by atoms with Crippen LogP contribution >= 0.6 is 11.8 Å². The molecule has 3 heteroatoms. The summed E-state index contributed by atoms with van der Waals surface area (Å²) in [5.41, 5.74) is 1.44. The third-order valence-electron chi connectivity index (χ3n) is 3.92. The Balaban J connectivity index is 1.77. The van der Waals surface area contributed by atoms with Gasteiger partial charge in [-0.1, -0.05) is 37.3 Å². The molecule has 0 saturated carbocycles. The van der Waals surface area contributed by atoms with E-state index in [0.717, 1.165) is 18.2 Å². The molecule has 1 saturated heterocycles. The Hall–Kier alpha value is -0.510. The van der Waals surface area contributed by atoms with Crippen molar-refractivity contribution in [2.45, 2.75) is 31.1 Å². The van der Waals surface area contributed by atoms with Crippen molar-refractivity contribution < 1.29 is 0 Å². The summed E-state index contributed by atoms with van der Waals surface area (Å²) in [6.45, 7) is 7.09. The molecule has 0 radical (unpaired) electrons. The van der Waals surface area contributed by atoms with E-state index < -0.39 is 0 Å². The first-order chi connectivity index (χ1) is 9.28. The SMILES string of the molecule is CSC(C)CCN1CCNC(Cc2ccccc2)C1. The van der Waals surface area contributed by atoms with Gasteiger partial charge in [-0.2, -0.15) is 11.8 Å². The van der Waals surface area contributed by atoms with E-state index in [1.165, 1.54) is 31.6 Å². The fraction of sp³-hybridized carbons (Fsp3) is 0.625. The molecule has 2 rings (SSSR count). The molecular weight excluding hydrogens is 252 g/mol. The molecule has 0 spiro atoms. The molecule has 0 aliphatic carbocycles. The topological polar surface area (TPSA) is 15.3 Å². The zero-order chi connectivity index (χ0) is 13.5. The highest BCUT2D eigenvalue weighted by atomic mass is 32.2. The number of hydrogen-bond acceptors (Lipinski definition) is 3. The highest BCUT2D eigenvalue weighted by Gasteiger charge is 2.19. The van der Waals surface area contributed by atoms with E-state index in [9.17, 15) is 0 Å². The molecule has 0 amide bonds. The lowest BCUT2D eigenvalue weighted by Crippen LogP contribution is -2.51. The van der Waals surface area contributed by atoms with Gasteiger partial charge in [-0.25, -0.2) is 0 Å². The van der Waals surface area contributed by atoms with Crippen LogP contribution in [-0.4, -0.2) is 48.6 Å². The van der Waals surface area contributed by atoms with Crippen molar-refractivity contribution in [3.05, 3.63) is 35.9 Å². The van der Waals surface area contributed by atoms with Crippen LogP contribution in [0.4, 0.5) is 0 Å². The normalized spacial score (nSPS) is 22.3. The molecule has 1 aromatic rings. The van der Waals surface area contributed by atoms with Gasteiger partial charge in [0, 0.05) is 30.9 Å². The zero-order valence-electron chi connectivity index (χ0n) is 12.1. The van der Waals surface area contributed by atoms with Crippen LogP contribution in [-0.2, 0) is 6.42 Å². The summed E-state index contributed by atoms with van der Waals surface area (Å²) >= 11 is 1.97. The Morgan fingerprint density at radius 1 is 1.37 bits per heavy atom. The van der Waals surface area contributed by atoms with Gasteiger partial charge in [0.15, 0.2) is 0 Å². The number of hydrogen-bond donors (Lipinski definition) is 1. The van der Waals surface area contributed by atoms with Crippen molar-refractivity contribution in [2.75, 3.05) is 32.4 Å². The van der Waals surface area contributed by atoms with E-state index in [-0.39, 0.29) is 0 Å². The number of nitrogens with one attached hydrogen (secondary N) is 1. The average Bonchev–Trinajstić information content (AvgIpc) is 2.46. The van der Waals surface area contributed by atoms with E-state index in [1.807, 2.05) is 11.8 Å². The van der Waals surface area contributed by atoms with Gasteiger partial charge in [-0.3, -0.25) is 0 Å². The maximum absolute atomic E-state index is 3.65. The Bertz CT molecular complexity index is 355. The van der Waals surface area contributed by atoms with Crippen molar-refractivity contribution in [3.63, 3.8) is 0 Å². The second-order valence-corrected chi connectivity index (χ2v) is 6.75. The van der Waals surface area contributed by atoms with Crippen molar-refractivity contribution in [2.24, 2.45) is 0 Å². The van der Waals surface area contributed by atoms with Crippen LogP contribution in [0.5, 0.6) is 0 Å². The van der Waals surface area contributed by atoms with Crippen molar-refractivity contribution in [1.82, 2.24) is 10.2 Å². The van der Waals surface area contributed by atoms with Gasteiger partial charge >= 0.3 is 0 Å². The highest BCUT2D eigenvalue weighted by Crippen LogP contribution is 2.12. The van der Waals surface area contributed by atoms with Gasteiger partial charge in [-0.05, 0) is 31.2 Å². The molecule has 1 aliphatic rings. The summed E-state index contributed by atoms with van der Waals surface area (Å²) in [4.78, 5) is 2.62. The molecule has 0 bridgehead atoms. The maximum Gasteiger partial charge on any atom is 0.0235 e. The summed E-state index contributed by atoms with van der Waals surface area (Å²) < 4.78 is 0. The molecule has 2 unspecified atom stereocenters. The average molecular weight is 278 g/mol. The van der Waals surface area contributed by atoms with E-state index in [0.29, 0.717) is 6.04 Å². The van der Waals surface area contributed by atoms with E-state index in [4.69, 9.17) is 0 Å². The number of piperazine rings is 1. The van der Waals surface area contributed by atoms with Gasteiger partial charge in [0.25, 0.3) is 0 Å². The monoisotopic (exact) mass is 278 g/mol. The number of nitrogens with zero attached hydrogens (tertiary/aromatic N) is 1. The fourth-order valence-electron chi connectivity index (χ4n) is 2.61. The van der Waals surface area contributed by atoms with Crippen LogP contribution in [0.15, 0.2) is 30.3 Å². The number of thioether (sulfide) groups is 1. The third kappa shape index (κ3) is 5.17. The van der Waals surface area contributed by atoms with Gasteiger partial charge < -0.3 is 10.2 Å². The Morgan fingerprint density at radius 3 is 2.89 bits per heavy atom. The smallest absolute Gasteiger partial charge is 0.0235 e. The molecule has 1 N–H and O–H groups in total. The highest BCUT2D eigenvalue weighted by molar-refractivity contribution is 7.99. The van der Waals surface area contributed by atoms with Crippen LogP contribution in [0.3, 0.4) is 0 Å². The van der Waals surface area contributed by atoms with E-state index >= 15 is 0 Å². The van der Waals surface area contributed by atoms with Crippen LogP contribution in [0, 0.1) is 0 Å². The lowest BCUT2D eigenvalue weighted by Gasteiger charge is -2.34. The minimum Gasteiger partial charge on any atom is -0.311 e. The summed E-state index contributed by atoms with van der Waals surface area (Å²) in [6.07, 6.45) is 4.66. The number of rotatable bonds is 6. The Labute approximate surface area is 122 Å². The van der Waals surface area contributed by atoms with Gasteiger partial charge in [0.2, 0.25) is 0 Å². The number of benzene rings is 1. The van der Waals surface area contributed by atoms with Crippen molar-refractivity contribution >= 4 is 11.8 Å². The molecule has 2 nitrogen and oxygen atoms in total. The van der Waals surface area contributed by atoms with Gasteiger partial charge in [0.1, 0.15) is 0 Å². The quantitative estimate of drug-likeness (QED) is 0.861. The minimum absolute atomic E-state index is 0.612. The first-order valence-electron chi connectivity index (χ1n) is 7.30. The first kappa shape index (κ1) is 14.9. The lowest BCUT2D eigenvalue weighted by atomic mass is 10.0. The van der Waals surface area contributed by atoms with Gasteiger partial charge in [0.05, 0.1) is 0 Å². The second-order valence-electron chi connectivity index (χ2n) is 5.48. The van der Waals surface area contributed by atoms with Crippen LogP contribution < -0.4 is 5.32 Å². The van der Waals surface area contributed by atoms with E-state index in [1.54, 1.807) is 0 Å². The standard InChI is InChI=1S/C16H26N2S/c1-14(19-2)8-10-18-11-9-17-16(13-18)12-15-6-4-3-5-7-15/h3-7,14,16-17H,8-13H2,1-2H3. The summed E-state index contributed by atoms with van der Waals surface area (Å²) in [7, 11) is 0. The van der Waals surface area contributed by atoms with E-state index in [2.05, 4.69) is 53.7 Å². The second kappa shape index (κ2) is 7.93. The summed E-state index contributed by atoms with van der Waals surface area (Å²) in [6, 6.07) is 11.4. The predicted octanol–water partition coefficient (Wildman–Crippen LogP) is 2.64. The predicted molar refractivity (Wildman–Crippen MR) is 86.0 cm³/mol. The largest absolute Gasteiger partial charge is 0.311 e. The minimum atomic E-state index is 0.612. The Morgan fingerprint density at radius 2 is 2.16 bits per heavy atom. The molecule has 2 atom stereocenters. The first-order valence-corrected chi connectivity index (χ1v) is 8.59. The molecular formula is C16H26N2S. The Kier molecular flexibility index (Phi) is 6.21. The molecule has 1 aromatic carbocycles. The summed E-state index contributed by atoms with van der Waals surface area (Å²) in [5, 5.41) is 4.43. The fourth-order valence-corrected chi connectivity index (χ4v) is 2.96. The molecule has 1 heterocycles. The van der Waals surface area contributed by atoms with Crippen LogP contribution in [0.2, 0.25) is 0 Å². The van der Waals surface area contributed by atoms with Gasteiger partial charge in [-0.15, -0.1) is 0 Å². The lowest BCUT2D eigenvalue weighted by molar-refractivity contribution is 0.197. The molecule has 19 heavy (non-hydrogen) atoms. The summed E-state index contributed by atoms with van der Waals surface area (Å²) in [5.74, 6) is 0. The third-order valence-corrected chi connectivity index (χ3v) is 4.96. The molecule has 0 aromatic heterocycles.